The van der Waals surface area contributed by atoms with E-state index in [1.807, 2.05) is 36.6 Å². The van der Waals surface area contributed by atoms with Crippen molar-refractivity contribution in [1.29, 1.82) is 0 Å². The fourth-order valence-electron chi connectivity index (χ4n) is 3.19. The summed E-state index contributed by atoms with van der Waals surface area (Å²) in [5.74, 6) is 0.642. The maximum absolute atomic E-state index is 12.9. The van der Waals surface area contributed by atoms with Gasteiger partial charge in [0.05, 0.1) is 22.8 Å². The summed E-state index contributed by atoms with van der Waals surface area (Å²) < 4.78 is 7.34. The zero-order valence-electron chi connectivity index (χ0n) is 13.6. The van der Waals surface area contributed by atoms with E-state index in [9.17, 15) is 4.79 Å². The lowest BCUT2D eigenvalue weighted by Gasteiger charge is -2.23. The number of thiazole rings is 1. The molecular formula is C17H18N4O2S. The molecule has 124 valence electrons. The molecule has 4 heterocycles. The first-order chi connectivity index (χ1) is 11.6. The smallest absolute Gasteiger partial charge is 0.257 e. The Labute approximate surface area is 143 Å². The van der Waals surface area contributed by atoms with Crippen LogP contribution in [0.3, 0.4) is 0 Å². The Hall–Kier alpha value is -2.41. The Kier molecular flexibility index (Phi) is 3.72. The summed E-state index contributed by atoms with van der Waals surface area (Å²) in [5, 5.41) is 7.15. The molecule has 3 aromatic rings. The number of aromatic nitrogens is 3. The largest absolute Gasteiger partial charge is 0.462 e. The molecule has 0 unspecified atom stereocenters. The molecule has 0 bridgehead atoms. The van der Waals surface area contributed by atoms with Crippen molar-refractivity contribution in [3.05, 3.63) is 46.2 Å². The predicted molar refractivity (Wildman–Crippen MR) is 90.8 cm³/mol. The molecule has 1 atom stereocenters. The molecule has 0 aliphatic carbocycles. The van der Waals surface area contributed by atoms with Crippen molar-refractivity contribution in [1.82, 2.24) is 19.7 Å². The van der Waals surface area contributed by atoms with Crippen molar-refractivity contribution in [2.75, 3.05) is 6.54 Å². The van der Waals surface area contributed by atoms with Crippen LogP contribution in [0, 0.1) is 6.92 Å². The van der Waals surface area contributed by atoms with Crippen LogP contribution < -0.4 is 0 Å². The first-order valence-corrected chi connectivity index (χ1v) is 8.80. The van der Waals surface area contributed by atoms with E-state index in [1.54, 1.807) is 22.1 Å². The average molecular weight is 342 g/mol. The molecule has 1 fully saturated rings. The number of carbonyl (C=O) groups excluding carboxylic acids is 1. The minimum absolute atomic E-state index is 0.00306. The van der Waals surface area contributed by atoms with E-state index in [-0.39, 0.29) is 11.9 Å². The quantitative estimate of drug-likeness (QED) is 0.731. The summed E-state index contributed by atoms with van der Waals surface area (Å²) in [6, 6.07) is 1.88. The number of nitrogens with zero attached hydrogens (tertiary/aromatic N) is 4. The highest BCUT2D eigenvalue weighted by Crippen LogP contribution is 2.33. The van der Waals surface area contributed by atoms with E-state index in [1.165, 1.54) is 6.26 Å². The van der Waals surface area contributed by atoms with Crippen LogP contribution in [0.4, 0.5) is 0 Å². The van der Waals surface area contributed by atoms with Crippen LogP contribution in [0.15, 0.2) is 34.5 Å². The zero-order chi connectivity index (χ0) is 16.7. The molecule has 4 rings (SSSR count). The topological polar surface area (TPSA) is 64.2 Å². The summed E-state index contributed by atoms with van der Waals surface area (Å²) in [4.78, 5) is 19.2. The molecule has 0 aromatic carbocycles. The zero-order valence-corrected chi connectivity index (χ0v) is 14.4. The van der Waals surface area contributed by atoms with Gasteiger partial charge in [0, 0.05) is 30.7 Å². The second-order valence-electron chi connectivity index (χ2n) is 6.06. The van der Waals surface area contributed by atoms with Crippen molar-refractivity contribution in [2.45, 2.75) is 25.8 Å². The lowest BCUT2D eigenvalue weighted by molar-refractivity contribution is 0.0735. The molecule has 7 heteroatoms. The van der Waals surface area contributed by atoms with Crippen molar-refractivity contribution in [3.63, 3.8) is 0 Å². The van der Waals surface area contributed by atoms with Gasteiger partial charge in [-0.25, -0.2) is 4.98 Å². The van der Waals surface area contributed by atoms with Gasteiger partial charge in [-0.2, -0.15) is 5.10 Å². The highest BCUT2D eigenvalue weighted by Gasteiger charge is 2.32. The number of aryl methyl sites for hydroxylation is 2. The third kappa shape index (κ3) is 2.65. The van der Waals surface area contributed by atoms with E-state index in [0.717, 1.165) is 35.7 Å². The van der Waals surface area contributed by atoms with Crippen LogP contribution in [-0.4, -0.2) is 32.1 Å². The van der Waals surface area contributed by atoms with Gasteiger partial charge in [-0.1, -0.05) is 0 Å². The summed E-state index contributed by atoms with van der Waals surface area (Å²) >= 11 is 1.57. The fraction of sp³-hybridized carbons (Fsp3) is 0.353. The minimum atomic E-state index is 0.00306. The Morgan fingerprint density at radius 1 is 1.46 bits per heavy atom. The predicted octanol–water partition coefficient (Wildman–Crippen LogP) is 3.42. The van der Waals surface area contributed by atoms with E-state index in [2.05, 4.69) is 10.1 Å². The van der Waals surface area contributed by atoms with E-state index in [4.69, 9.17) is 4.42 Å². The molecule has 1 saturated heterocycles. The average Bonchev–Trinajstić information content (AvgIpc) is 3.33. The molecule has 1 aliphatic rings. The lowest BCUT2D eigenvalue weighted by Crippen LogP contribution is -2.30. The molecule has 0 saturated carbocycles. The second kappa shape index (κ2) is 5.90. The molecule has 1 amide bonds. The number of hydrogen-bond acceptors (Lipinski definition) is 5. The molecular weight excluding hydrogens is 324 g/mol. The molecule has 0 N–H and O–H groups in total. The van der Waals surface area contributed by atoms with E-state index >= 15 is 0 Å². The summed E-state index contributed by atoms with van der Waals surface area (Å²) in [5.41, 5.74) is 2.44. The van der Waals surface area contributed by atoms with Gasteiger partial charge in [0.2, 0.25) is 0 Å². The normalized spacial score (nSPS) is 17.6. The number of likely N-dealkylation sites (tertiary alicyclic amines) is 1. The third-order valence-corrected chi connectivity index (χ3v) is 5.11. The Morgan fingerprint density at radius 3 is 3.04 bits per heavy atom. The van der Waals surface area contributed by atoms with Gasteiger partial charge in [0.1, 0.15) is 12.0 Å². The number of furan rings is 1. The summed E-state index contributed by atoms with van der Waals surface area (Å²) in [6.45, 7) is 2.71. The highest BCUT2D eigenvalue weighted by atomic mass is 32.1. The van der Waals surface area contributed by atoms with Crippen LogP contribution in [0.5, 0.6) is 0 Å². The van der Waals surface area contributed by atoms with Gasteiger partial charge < -0.3 is 9.32 Å². The van der Waals surface area contributed by atoms with Crippen molar-refractivity contribution < 1.29 is 9.21 Å². The Balaban J connectivity index is 1.58. The number of rotatable bonds is 3. The molecule has 6 nitrogen and oxygen atoms in total. The van der Waals surface area contributed by atoms with Crippen LogP contribution in [0.2, 0.25) is 0 Å². The van der Waals surface area contributed by atoms with E-state index < -0.39 is 0 Å². The van der Waals surface area contributed by atoms with Gasteiger partial charge in [-0.3, -0.25) is 9.48 Å². The van der Waals surface area contributed by atoms with Gasteiger partial charge in [-0.05, 0) is 25.8 Å². The van der Waals surface area contributed by atoms with Crippen molar-refractivity contribution in [2.24, 2.45) is 7.05 Å². The number of hydrogen-bond donors (Lipinski definition) is 0. The summed E-state index contributed by atoms with van der Waals surface area (Å²) in [6.07, 6.45) is 7.32. The van der Waals surface area contributed by atoms with Gasteiger partial charge in [-0.15, -0.1) is 11.3 Å². The second-order valence-corrected chi connectivity index (χ2v) is 7.12. The maximum atomic E-state index is 12.9. The molecule has 0 radical (unpaired) electrons. The number of carbonyl (C=O) groups is 1. The first kappa shape index (κ1) is 15.1. The molecule has 0 spiro atoms. The number of amides is 1. The van der Waals surface area contributed by atoms with Crippen LogP contribution >= 0.6 is 11.3 Å². The molecule has 1 aliphatic heterocycles. The van der Waals surface area contributed by atoms with Crippen LogP contribution in [0.25, 0.3) is 11.5 Å². The highest BCUT2D eigenvalue weighted by molar-refractivity contribution is 7.09. The monoisotopic (exact) mass is 342 g/mol. The third-order valence-electron chi connectivity index (χ3n) is 4.34. The SMILES string of the molecule is Cc1nc(-c2cc(C(=O)N3CCC[C@H]3c3cnn(C)c3)co2)cs1. The Bertz CT molecular complexity index is 879. The van der Waals surface area contributed by atoms with Gasteiger partial charge in [0.25, 0.3) is 5.91 Å². The summed E-state index contributed by atoms with van der Waals surface area (Å²) in [7, 11) is 1.89. The Morgan fingerprint density at radius 2 is 2.33 bits per heavy atom. The first-order valence-electron chi connectivity index (χ1n) is 7.92. The molecule has 24 heavy (non-hydrogen) atoms. The van der Waals surface area contributed by atoms with Gasteiger partial charge in [0.15, 0.2) is 5.76 Å². The fourth-order valence-corrected chi connectivity index (χ4v) is 3.80. The standard InChI is InChI=1S/C17H18N4O2S/c1-11-19-14(10-24-11)16-6-12(9-23-16)17(22)21-5-3-4-15(21)13-7-18-20(2)8-13/h6-10,15H,3-5H2,1-2H3/t15-/m0/s1. The van der Waals surface area contributed by atoms with Crippen LogP contribution in [0.1, 0.15) is 39.8 Å². The van der Waals surface area contributed by atoms with Crippen LogP contribution in [-0.2, 0) is 7.05 Å². The minimum Gasteiger partial charge on any atom is -0.462 e. The molecule has 3 aromatic heterocycles. The van der Waals surface area contributed by atoms with E-state index in [0.29, 0.717) is 11.3 Å². The lowest BCUT2D eigenvalue weighted by atomic mass is 10.1. The van der Waals surface area contributed by atoms with Gasteiger partial charge >= 0.3 is 0 Å². The van der Waals surface area contributed by atoms with Crippen molar-refractivity contribution >= 4 is 17.2 Å². The van der Waals surface area contributed by atoms with Crippen molar-refractivity contribution in [3.8, 4) is 11.5 Å². The maximum Gasteiger partial charge on any atom is 0.257 e.